The fourth-order valence-electron chi connectivity index (χ4n) is 3.30. The molecule has 3 rings (SSSR count). The van der Waals surface area contributed by atoms with Gasteiger partial charge in [0, 0.05) is 13.1 Å². The molecule has 0 aromatic heterocycles. The lowest BCUT2D eigenvalue weighted by Crippen LogP contribution is -2.41. The molecule has 0 bridgehead atoms. The van der Waals surface area contributed by atoms with Crippen LogP contribution in [0.4, 0.5) is 0 Å². The maximum atomic E-state index is 12.4. The van der Waals surface area contributed by atoms with Crippen molar-refractivity contribution in [1.29, 1.82) is 0 Å². The van der Waals surface area contributed by atoms with Crippen LogP contribution >= 0.6 is 0 Å². The highest BCUT2D eigenvalue weighted by Crippen LogP contribution is 2.26. The zero-order valence-corrected chi connectivity index (χ0v) is 14.7. The molecule has 0 saturated carbocycles. The summed E-state index contributed by atoms with van der Waals surface area (Å²) in [5.74, 6) is 1.96. The molecule has 2 aromatic carbocycles. The largest absolute Gasteiger partial charge is 0.493 e. The van der Waals surface area contributed by atoms with Gasteiger partial charge in [-0.3, -0.25) is 4.79 Å². The lowest BCUT2D eigenvalue weighted by Gasteiger charge is -2.32. The van der Waals surface area contributed by atoms with E-state index >= 15 is 0 Å². The Balaban J connectivity index is 1.45. The number of benzene rings is 2. The SMILES string of the molecule is COc1ccccc1OCC(=O)N1CCC(Cc2ccccc2)CC1. The van der Waals surface area contributed by atoms with E-state index in [9.17, 15) is 4.79 Å². The van der Waals surface area contributed by atoms with Crippen molar-refractivity contribution in [2.45, 2.75) is 19.3 Å². The van der Waals surface area contributed by atoms with E-state index in [1.54, 1.807) is 7.11 Å². The number of para-hydroxylation sites is 2. The molecule has 1 saturated heterocycles. The van der Waals surface area contributed by atoms with Gasteiger partial charge in [0.15, 0.2) is 18.1 Å². The molecule has 4 heteroatoms. The van der Waals surface area contributed by atoms with Crippen LogP contribution < -0.4 is 9.47 Å². The number of hydrogen-bond donors (Lipinski definition) is 0. The molecule has 0 unspecified atom stereocenters. The van der Waals surface area contributed by atoms with Gasteiger partial charge in [0.2, 0.25) is 0 Å². The van der Waals surface area contributed by atoms with Crippen molar-refractivity contribution in [2.24, 2.45) is 5.92 Å². The minimum absolute atomic E-state index is 0.0454. The highest BCUT2D eigenvalue weighted by Gasteiger charge is 2.23. The maximum absolute atomic E-state index is 12.4. The van der Waals surface area contributed by atoms with Crippen LogP contribution in [0.2, 0.25) is 0 Å². The third-order valence-corrected chi connectivity index (χ3v) is 4.75. The summed E-state index contributed by atoms with van der Waals surface area (Å²) in [6.45, 7) is 1.68. The zero-order chi connectivity index (χ0) is 17.5. The smallest absolute Gasteiger partial charge is 0.260 e. The standard InChI is InChI=1S/C21H25NO3/c1-24-19-9-5-6-10-20(19)25-16-21(23)22-13-11-18(12-14-22)15-17-7-3-2-4-8-17/h2-10,18H,11-16H2,1H3. The molecule has 1 aliphatic heterocycles. The third-order valence-electron chi connectivity index (χ3n) is 4.75. The van der Waals surface area contributed by atoms with Crippen molar-refractivity contribution in [1.82, 2.24) is 4.90 Å². The van der Waals surface area contributed by atoms with Gasteiger partial charge in [-0.25, -0.2) is 0 Å². The quantitative estimate of drug-likeness (QED) is 0.808. The van der Waals surface area contributed by atoms with Crippen molar-refractivity contribution in [3.63, 3.8) is 0 Å². The van der Waals surface area contributed by atoms with Crippen molar-refractivity contribution in [2.75, 3.05) is 26.8 Å². The van der Waals surface area contributed by atoms with Gasteiger partial charge in [-0.2, -0.15) is 0 Å². The van der Waals surface area contributed by atoms with E-state index in [1.165, 1.54) is 5.56 Å². The van der Waals surface area contributed by atoms with Gasteiger partial charge in [0.05, 0.1) is 7.11 Å². The minimum atomic E-state index is 0.0454. The van der Waals surface area contributed by atoms with E-state index in [1.807, 2.05) is 35.2 Å². The number of ether oxygens (including phenoxy) is 2. The highest BCUT2D eigenvalue weighted by molar-refractivity contribution is 5.78. The number of methoxy groups -OCH3 is 1. The summed E-state index contributed by atoms with van der Waals surface area (Å²) in [4.78, 5) is 14.3. The third kappa shape index (κ3) is 4.75. The molecule has 0 radical (unpaired) electrons. The molecule has 4 nitrogen and oxygen atoms in total. The molecule has 1 heterocycles. The van der Waals surface area contributed by atoms with E-state index in [-0.39, 0.29) is 12.5 Å². The average Bonchev–Trinajstić information content (AvgIpc) is 2.67. The molecule has 0 aliphatic carbocycles. The lowest BCUT2D eigenvalue weighted by molar-refractivity contribution is -0.134. The monoisotopic (exact) mass is 339 g/mol. The minimum Gasteiger partial charge on any atom is -0.493 e. The molecule has 132 valence electrons. The van der Waals surface area contributed by atoms with Crippen LogP contribution in [0.1, 0.15) is 18.4 Å². The predicted molar refractivity (Wildman–Crippen MR) is 97.9 cm³/mol. The Bertz CT molecular complexity index is 679. The van der Waals surface area contributed by atoms with Gasteiger partial charge >= 0.3 is 0 Å². The van der Waals surface area contributed by atoms with Crippen molar-refractivity contribution in [3.05, 3.63) is 60.2 Å². The Morgan fingerprint density at radius 3 is 2.32 bits per heavy atom. The number of carbonyl (C=O) groups is 1. The summed E-state index contributed by atoms with van der Waals surface area (Å²) in [6.07, 6.45) is 3.20. The summed E-state index contributed by atoms with van der Waals surface area (Å²) >= 11 is 0. The van der Waals surface area contributed by atoms with Crippen molar-refractivity contribution < 1.29 is 14.3 Å². The molecule has 1 amide bonds. The average molecular weight is 339 g/mol. The van der Waals surface area contributed by atoms with Gasteiger partial charge in [0.25, 0.3) is 5.91 Å². The highest BCUT2D eigenvalue weighted by atomic mass is 16.5. The Labute approximate surface area is 149 Å². The molecule has 0 atom stereocenters. The lowest BCUT2D eigenvalue weighted by atomic mass is 9.90. The molecule has 1 fully saturated rings. The number of rotatable bonds is 6. The second-order valence-electron chi connectivity index (χ2n) is 6.45. The Morgan fingerprint density at radius 1 is 1.00 bits per heavy atom. The fraction of sp³-hybridized carbons (Fsp3) is 0.381. The molecule has 25 heavy (non-hydrogen) atoms. The summed E-state index contributed by atoms with van der Waals surface area (Å²) in [5.41, 5.74) is 1.38. The molecule has 0 N–H and O–H groups in total. The fourth-order valence-corrected chi connectivity index (χ4v) is 3.30. The van der Waals surface area contributed by atoms with E-state index in [4.69, 9.17) is 9.47 Å². The van der Waals surface area contributed by atoms with E-state index in [0.29, 0.717) is 17.4 Å². The second-order valence-corrected chi connectivity index (χ2v) is 6.45. The first kappa shape index (κ1) is 17.3. The number of amides is 1. The van der Waals surface area contributed by atoms with E-state index < -0.39 is 0 Å². The van der Waals surface area contributed by atoms with Crippen LogP contribution in [0.5, 0.6) is 11.5 Å². The second kappa shape index (κ2) is 8.56. The number of hydrogen-bond acceptors (Lipinski definition) is 3. The Hall–Kier alpha value is -2.49. The van der Waals surface area contributed by atoms with Gasteiger partial charge in [0.1, 0.15) is 0 Å². The molecule has 0 spiro atoms. The number of piperidine rings is 1. The molecule has 2 aromatic rings. The van der Waals surface area contributed by atoms with Crippen LogP contribution in [-0.2, 0) is 11.2 Å². The number of likely N-dealkylation sites (tertiary alicyclic amines) is 1. The van der Waals surface area contributed by atoms with Crippen LogP contribution in [0.3, 0.4) is 0 Å². The van der Waals surface area contributed by atoms with Gasteiger partial charge in [-0.15, -0.1) is 0 Å². The Morgan fingerprint density at radius 2 is 1.64 bits per heavy atom. The van der Waals surface area contributed by atoms with Gasteiger partial charge in [-0.1, -0.05) is 42.5 Å². The molecule has 1 aliphatic rings. The molecular weight excluding hydrogens is 314 g/mol. The maximum Gasteiger partial charge on any atom is 0.260 e. The summed E-state index contributed by atoms with van der Waals surface area (Å²) in [6, 6.07) is 18.0. The molecular formula is C21H25NO3. The van der Waals surface area contributed by atoms with E-state index in [0.717, 1.165) is 32.4 Å². The Kier molecular flexibility index (Phi) is 5.94. The first-order chi connectivity index (χ1) is 12.3. The summed E-state index contributed by atoms with van der Waals surface area (Å²) in [7, 11) is 1.60. The first-order valence-corrected chi connectivity index (χ1v) is 8.84. The topological polar surface area (TPSA) is 38.8 Å². The number of carbonyl (C=O) groups excluding carboxylic acids is 1. The number of nitrogens with zero attached hydrogens (tertiary/aromatic N) is 1. The normalized spacial score (nSPS) is 15.0. The van der Waals surface area contributed by atoms with Crippen molar-refractivity contribution >= 4 is 5.91 Å². The first-order valence-electron chi connectivity index (χ1n) is 8.84. The predicted octanol–water partition coefficient (Wildman–Crippen LogP) is 3.56. The van der Waals surface area contributed by atoms with Crippen LogP contribution in [-0.4, -0.2) is 37.6 Å². The van der Waals surface area contributed by atoms with Crippen LogP contribution in [0, 0.1) is 5.92 Å². The van der Waals surface area contributed by atoms with Crippen molar-refractivity contribution in [3.8, 4) is 11.5 Å². The van der Waals surface area contributed by atoms with Gasteiger partial charge < -0.3 is 14.4 Å². The van der Waals surface area contributed by atoms with Crippen LogP contribution in [0.25, 0.3) is 0 Å². The zero-order valence-electron chi connectivity index (χ0n) is 14.7. The van der Waals surface area contributed by atoms with E-state index in [2.05, 4.69) is 24.3 Å². The summed E-state index contributed by atoms with van der Waals surface area (Å²) < 4.78 is 10.9. The van der Waals surface area contributed by atoms with Crippen LogP contribution in [0.15, 0.2) is 54.6 Å². The summed E-state index contributed by atoms with van der Waals surface area (Å²) in [5, 5.41) is 0. The van der Waals surface area contributed by atoms with Gasteiger partial charge in [-0.05, 0) is 42.9 Å².